The van der Waals surface area contributed by atoms with Gasteiger partial charge in [0, 0.05) is 18.7 Å². The third kappa shape index (κ3) is 4.09. The maximum atomic E-state index is 12.3. The first-order valence-corrected chi connectivity index (χ1v) is 7.45. The van der Waals surface area contributed by atoms with Crippen LogP contribution in [-0.2, 0) is 0 Å². The van der Waals surface area contributed by atoms with E-state index in [2.05, 4.69) is 6.92 Å². The van der Waals surface area contributed by atoms with Gasteiger partial charge in [0.15, 0.2) is 0 Å². The molecular weight excluding hydrogens is 234 g/mol. The maximum absolute atomic E-state index is 12.3. The maximum Gasteiger partial charge on any atom is 0.253 e. The fraction of sp³-hybridized carbons (Fsp3) is 0.529. The zero-order valence-electron chi connectivity index (χ0n) is 11.7. The fourth-order valence-electron chi connectivity index (χ4n) is 2.80. The second-order valence-corrected chi connectivity index (χ2v) is 5.45. The quantitative estimate of drug-likeness (QED) is 0.733. The molecule has 1 saturated heterocycles. The second-order valence-electron chi connectivity index (χ2n) is 5.45. The summed E-state index contributed by atoms with van der Waals surface area (Å²) >= 11 is 0. The molecule has 1 amide bonds. The molecule has 19 heavy (non-hydrogen) atoms. The lowest BCUT2D eigenvalue weighted by Gasteiger charge is -2.32. The number of rotatable bonds is 5. The van der Waals surface area contributed by atoms with Crippen molar-refractivity contribution in [2.24, 2.45) is 5.92 Å². The molecule has 103 valence electrons. The standard InChI is InChI=1S/C17H24NO/c1-2-3-5-8-15-11-13-18(14-12-15)17(19)16-9-6-4-7-10-16/h4,6-7,9-10,15H,1-3,5,8,11-14H2. The van der Waals surface area contributed by atoms with Crippen molar-refractivity contribution in [2.45, 2.75) is 38.5 Å². The van der Waals surface area contributed by atoms with E-state index in [1.54, 1.807) is 0 Å². The first-order valence-electron chi connectivity index (χ1n) is 7.45. The summed E-state index contributed by atoms with van der Waals surface area (Å²) in [6, 6.07) is 9.62. The van der Waals surface area contributed by atoms with Crippen LogP contribution in [0.4, 0.5) is 0 Å². The summed E-state index contributed by atoms with van der Waals surface area (Å²) in [5.41, 5.74) is 0.818. The highest BCUT2D eigenvalue weighted by Crippen LogP contribution is 2.23. The van der Waals surface area contributed by atoms with E-state index < -0.39 is 0 Å². The van der Waals surface area contributed by atoms with Crippen LogP contribution in [0.15, 0.2) is 30.3 Å². The number of nitrogens with zero attached hydrogens (tertiary/aromatic N) is 1. The summed E-state index contributed by atoms with van der Waals surface area (Å²) in [6.07, 6.45) is 7.21. The minimum Gasteiger partial charge on any atom is -0.339 e. The Morgan fingerprint density at radius 2 is 1.84 bits per heavy atom. The van der Waals surface area contributed by atoms with Crippen molar-refractivity contribution in [1.82, 2.24) is 4.90 Å². The molecule has 1 aromatic rings. The molecule has 0 aromatic heterocycles. The van der Waals surface area contributed by atoms with Crippen molar-refractivity contribution in [3.63, 3.8) is 0 Å². The highest BCUT2D eigenvalue weighted by atomic mass is 16.2. The monoisotopic (exact) mass is 258 g/mol. The Morgan fingerprint density at radius 1 is 1.16 bits per heavy atom. The van der Waals surface area contributed by atoms with Crippen LogP contribution in [0, 0.1) is 12.8 Å². The molecule has 2 rings (SSSR count). The average Bonchev–Trinajstić information content (AvgIpc) is 2.48. The zero-order chi connectivity index (χ0) is 13.5. The predicted molar refractivity (Wildman–Crippen MR) is 78.9 cm³/mol. The molecule has 1 aliphatic rings. The van der Waals surface area contributed by atoms with Gasteiger partial charge in [-0.25, -0.2) is 0 Å². The third-order valence-corrected chi connectivity index (χ3v) is 4.03. The van der Waals surface area contributed by atoms with Gasteiger partial charge in [0.2, 0.25) is 0 Å². The molecule has 1 heterocycles. The molecule has 0 spiro atoms. The molecule has 1 aliphatic heterocycles. The fourth-order valence-corrected chi connectivity index (χ4v) is 2.80. The number of piperidine rings is 1. The van der Waals surface area contributed by atoms with Crippen molar-refractivity contribution in [2.75, 3.05) is 13.1 Å². The Bertz CT molecular complexity index is 380. The molecular formula is C17H24NO. The Morgan fingerprint density at radius 3 is 2.47 bits per heavy atom. The largest absolute Gasteiger partial charge is 0.339 e. The van der Waals surface area contributed by atoms with Gasteiger partial charge in [0.1, 0.15) is 0 Å². The van der Waals surface area contributed by atoms with Gasteiger partial charge >= 0.3 is 0 Å². The second kappa shape index (κ2) is 7.32. The summed E-state index contributed by atoms with van der Waals surface area (Å²) in [6.45, 7) is 5.72. The van der Waals surface area contributed by atoms with Crippen LogP contribution in [0.2, 0.25) is 0 Å². The van der Waals surface area contributed by atoms with Gasteiger partial charge in [-0.3, -0.25) is 4.79 Å². The molecule has 2 nitrogen and oxygen atoms in total. The minimum absolute atomic E-state index is 0.191. The molecule has 0 unspecified atom stereocenters. The number of amides is 1. The highest BCUT2D eigenvalue weighted by molar-refractivity contribution is 5.94. The topological polar surface area (TPSA) is 20.3 Å². The first-order chi connectivity index (χ1) is 9.31. The number of benzene rings is 1. The lowest BCUT2D eigenvalue weighted by Crippen LogP contribution is -2.38. The summed E-state index contributed by atoms with van der Waals surface area (Å²) < 4.78 is 0. The van der Waals surface area contributed by atoms with E-state index in [4.69, 9.17) is 0 Å². The number of carbonyl (C=O) groups excluding carboxylic acids is 1. The van der Waals surface area contributed by atoms with E-state index >= 15 is 0 Å². The zero-order valence-corrected chi connectivity index (χ0v) is 11.7. The van der Waals surface area contributed by atoms with Gasteiger partial charge in [-0.15, -0.1) is 0 Å². The summed E-state index contributed by atoms with van der Waals surface area (Å²) in [7, 11) is 0. The molecule has 1 fully saturated rings. The van der Waals surface area contributed by atoms with E-state index in [9.17, 15) is 4.79 Å². The normalized spacial score (nSPS) is 16.6. The van der Waals surface area contributed by atoms with Crippen molar-refractivity contribution in [3.8, 4) is 0 Å². The minimum atomic E-state index is 0.191. The SMILES string of the molecule is [CH2]CCCCC1CCN(C(=O)c2ccccc2)CC1. The van der Waals surface area contributed by atoms with Crippen LogP contribution in [0.5, 0.6) is 0 Å². The molecule has 0 bridgehead atoms. The molecule has 0 aliphatic carbocycles. The number of hydrogen-bond donors (Lipinski definition) is 0. The van der Waals surface area contributed by atoms with Crippen molar-refractivity contribution >= 4 is 5.91 Å². The summed E-state index contributed by atoms with van der Waals surface area (Å²) in [5, 5.41) is 0. The van der Waals surface area contributed by atoms with Gasteiger partial charge < -0.3 is 4.90 Å². The number of hydrogen-bond acceptors (Lipinski definition) is 1. The summed E-state index contributed by atoms with van der Waals surface area (Å²) in [4.78, 5) is 14.3. The Labute approximate surface area is 116 Å². The van der Waals surface area contributed by atoms with E-state index in [1.807, 2.05) is 35.2 Å². The van der Waals surface area contributed by atoms with Gasteiger partial charge in [-0.05, 0) is 30.9 Å². The van der Waals surface area contributed by atoms with Crippen molar-refractivity contribution in [1.29, 1.82) is 0 Å². The van der Waals surface area contributed by atoms with E-state index in [-0.39, 0.29) is 5.91 Å². The van der Waals surface area contributed by atoms with E-state index in [1.165, 1.54) is 19.3 Å². The van der Waals surface area contributed by atoms with Gasteiger partial charge in [-0.2, -0.15) is 0 Å². The lowest BCUT2D eigenvalue weighted by atomic mass is 9.91. The van der Waals surface area contributed by atoms with E-state index in [0.29, 0.717) is 0 Å². The molecule has 0 N–H and O–H groups in total. The van der Waals surface area contributed by atoms with Crippen LogP contribution >= 0.6 is 0 Å². The number of unbranched alkanes of at least 4 members (excludes halogenated alkanes) is 2. The van der Waals surface area contributed by atoms with Gasteiger partial charge in [0.25, 0.3) is 5.91 Å². The molecule has 1 radical (unpaired) electrons. The lowest BCUT2D eigenvalue weighted by molar-refractivity contribution is 0.0686. The van der Waals surface area contributed by atoms with Crippen molar-refractivity contribution in [3.05, 3.63) is 42.8 Å². The van der Waals surface area contributed by atoms with Gasteiger partial charge in [-0.1, -0.05) is 50.8 Å². The Balaban J connectivity index is 1.78. The first kappa shape index (κ1) is 14.1. The average molecular weight is 258 g/mol. The molecule has 0 atom stereocenters. The summed E-state index contributed by atoms with van der Waals surface area (Å²) in [5.74, 6) is 1.00. The predicted octanol–water partition coefficient (Wildman–Crippen LogP) is 3.93. The highest BCUT2D eigenvalue weighted by Gasteiger charge is 2.22. The van der Waals surface area contributed by atoms with Gasteiger partial charge in [0.05, 0.1) is 0 Å². The smallest absolute Gasteiger partial charge is 0.253 e. The molecule has 2 heteroatoms. The van der Waals surface area contributed by atoms with Crippen LogP contribution in [-0.4, -0.2) is 23.9 Å². The van der Waals surface area contributed by atoms with Crippen molar-refractivity contribution < 1.29 is 4.79 Å². The van der Waals surface area contributed by atoms with Crippen LogP contribution in [0.3, 0.4) is 0 Å². The number of carbonyl (C=O) groups is 1. The molecule has 1 aromatic carbocycles. The third-order valence-electron chi connectivity index (χ3n) is 4.03. The Kier molecular flexibility index (Phi) is 5.44. The van der Waals surface area contributed by atoms with Crippen LogP contribution in [0.25, 0.3) is 0 Å². The molecule has 0 saturated carbocycles. The Hall–Kier alpha value is -1.31. The van der Waals surface area contributed by atoms with E-state index in [0.717, 1.165) is 43.8 Å². The number of likely N-dealkylation sites (tertiary alicyclic amines) is 1. The van der Waals surface area contributed by atoms with Crippen LogP contribution < -0.4 is 0 Å². The van der Waals surface area contributed by atoms with Crippen LogP contribution in [0.1, 0.15) is 48.9 Å².